The van der Waals surface area contributed by atoms with Crippen LogP contribution < -0.4 is 5.32 Å². The maximum Gasteiger partial charge on any atom is 0.0509 e. The second-order valence-electron chi connectivity index (χ2n) is 4.88. The maximum atomic E-state index is 3.42. The zero-order valence-corrected chi connectivity index (χ0v) is 10.0. The van der Waals surface area contributed by atoms with Crippen molar-refractivity contribution >= 4 is 0 Å². The van der Waals surface area contributed by atoms with E-state index in [1.807, 2.05) is 0 Å². The number of nitrogens with one attached hydrogen (secondary N) is 1. The normalized spacial score (nSPS) is 30.6. The van der Waals surface area contributed by atoms with Crippen molar-refractivity contribution in [3.63, 3.8) is 0 Å². The highest BCUT2D eigenvalue weighted by Gasteiger charge is 2.22. The van der Waals surface area contributed by atoms with Gasteiger partial charge in [0.05, 0.1) is 6.67 Å². The number of likely N-dealkylation sites (tertiary alicyclic amines) is 1. The predicted octanol–water partition coefficient (Wildman–Crippen LogP) is 1.11. The fourth-order valence-corrected chi connectivity index (χ4v) is 2.82. The lowest BCUT2D eigenvalue weighted by atomic mass is 10.0. The first-order chi connectivity index (χ1) is 7.40. The van der Waals surface area contributed by atoms with E-state index in [1.165, 1.54) is 65.1 Å². The fraction of sp³-hybridized carbons (Fsp3) is 1.00. The number of piperidine rings is 1. The summed E-state index contributed by atoms with van der Waals surface area (Å²) in [7, 11) is 0. The van der Waals surface area contributed by atoms with E-state index in [4.69, 9.17) is 0 Å². The minimum atomic E-state index is 0.855. The van der Waals surface area contributed by atoms with Crippen molar-refractivity contribution < 1.29 is 0 Å². The predicted molar refractivity (Wildman–Crippen MR) is 63.9 cm³/mol. The van der Waals surface area contributed by atoms with E-state index in [0.29, 0.717) is 0 Å². The van der Waals surface area contributed by atoms with Gasteiger partial charge in [-0.25, -0.2) is 0 Å². The van der Waals surface area contributed by atoms with Gasteiger partial charge < -0.3 is 5.32 Å². The lowest BCUT2D eigenvalue weighted by molar-refractivity contribution is 0.0590. The van der Waals surface area contributed by atoms with Crippen molar-refractivity contribution in [2.45, 2.75) is 38.6 Å². The molecule has 2 aliphatic rings. The number of nitrogens with zero attached hydrogens (tertiary/aromatic N) is 2. The average molecular weight is 211 g/mol. The molecule has 0 aliphatic carbocycles. The zero-order chi connectivity index (χ0) is 10.5. The van der Waals surface area contributed by atoms with Crippen LogP contribution in [-0.2, 0) is 0 Å². The highest BCUT2D eigenvalue weighted by molar-refractivity contribution is 4.77. The Kier molecular flexibility index (Phi) is 4.42. The molecule has 0 radical (unpaired) electrons. The highest BCUT2D eigenvalue weighted by atomic mass is 15.3. The Labute approximate surface area is 93.8 Å². The summed E-state index contributed by atoms with van der Waals surface area (Å²) >= 11 is 0. The summed E-state index contributed by atoms with van der Waals surface area (Å²) in [5.41, 5.74) is 0. The second-order valence-corrected chi connectivity index (χ2v) is 4.88. The lowest BCUT2D eigenvalue weighted by Gasteiger charge is -2.40. The molecule has 2 heterocycles. The Morgan fingerprint density at radius 1 is 1.13 bits per heavy atom. The SMILES string of the molecule is CCC1CCCCN1CN1CCNCC1. The summed E-state index contributed by atoms with van der Waals surface area (Å²) in [6.07, 6.45) is 5.59. The molecule has 0 bridgehead atoms. The molecule has 3 heteroatoms. The van der Waals surface area contributed by atoms with Crippen molar-refractivity contribution in [3.05, 3.63) is 0 Å². The molecule has 2 aliphatic heterocycles. The Balaban J connectivity index is 1.79. The van der Waals surface area contributed by atoms with Crippen LogP contribution in [0.1, 0.15) is 32.6 Å². The van der Waals surface area contributed by atoms with E-state index < -0.39 is 0 Å². The number of hydrogen-bond acceptors (Lipinski definition) is 3. The third-order valence-corrected chi connectivity index (χ3v) is 3.81. The third-order valence-electron chi connectivity index (χ3n) is 3.81. The molecule has 0 saturated carbocycles. The van der Waals surface area contributed by atoms with Crippen LogP contribution in [0, 0.1) is 0 Å². The van der Waals surface area contributed by atoms with Gasteiger partial charge in [-0.15, -0.1) is 0 Å². The summed E-state index contributed by atoms with van der Waals surface area (Å²) in [6, 6.07) is 0.855. The topological polar surface area (TPSA) is 18.5 Å². The van der Waals surface area contributed by atoms with E-state index in [1.54, 1.807) is 0 Å². The van der Waals surface area contributed by atoms with Gasteiger partial charge in [-0.1, -0.05) is 13.3 Å². The van der Waals surface area contributed by atoms with Gasteiger partial charge in [0.1, 0.15) is 0 Å². The van der Waals surface area contributed by atoms with E-state index >= 15 is 0 Å². The Morgan fingerprint density at radius 2 is 1.93 bits per heavy atom. The first-order valence-corrected chi connectivity index (χ1v) is 6.57. The van der Waals surface area contributed by atoms with Crippen LogP contribution in [0.5, 0.6) is 0 Å². The van der Waals surface area contributed by atoms with E-state index in [2.05, 4.69) is 22.0 Å². The molecule has 3 nitrogen and oxygen atoms in total. The molecule has 1 atom stereocenters. The summed E-state index contributed by atoms with van der Waals surface area (Å²) in [5.74, 6) is 0. The van der Waals surface area contributed by atoms with Gasteiger partial charge in [0.15, 0.2) is 0 Å². The second kappa shape index (κ2) is 5.83. The van der Waals surface area contributed by atoms with Gasteiger partial charge in [-0.3, -0.25) is 9.80 Å². The van der Waals surface area contributed by atoms with Gasteiger partial charge in [0.2, 0.25) is 0 Å². The fourth-order valence-electron chi connectivity index (χ4n) is 2.82. The monoisotopic (exact) mass is 211 g/mol. The number of hydrogen-bond donors (Lipinski definition) is 1. The lowest BCUT2D eigenvalue weighted by Crippen LogP contribution is -2.51. The van der Waals surface area contributed by atoms with E-state index in [-0.39, 0.29) is 0 Å². The van der Waals surface area contributed by atoms with Gasteiger partial charge in [0.25, 0.3) is 0 Å². The van der Waals surface area contributed by atoms with Crippen molar-refractivity contribution in [1.29, 1.82) is 0 Å². The van der Waals surface area contributed by atoms with Gasteiger partial charge in [-0.05, 0) is 25.8 Å². The minimum Gasteiger partial charge on any atom is -0.314 e. The van der Waals surface area contributed by atoms with Crippen molar-refractivity contribution in [2.24, 2.45) is 0 Å². The Morgan fingerprint density at radius 3 is 2.67 bits per heavy atom. The van der Waals surface area contributed by atoms with Gasteiger partial charge in [-0.2, -0.15) is 0 Å². The summed E-state index contributed by atoms with van der Waals surface area (Å²) in [5, 5.41) is 3.42. The Hall–Kier alpha value is -0.120. The summed E-state index contributed by atoms with van der Waals surface area (Å²) < 4.78 is 0. The van der Waals surface area contributed by atoms with Crippen LogP contribution in [0.25, 0.3) is 0 Å². The molecular formula is C12H25N3. The van der Waals surface area contributed by atoms with Crippen LogP contribution in [0.4, 0.5) is 0 Å². The summed E-state index contributed by atoms with van der Waals surface area (Å²) in [4.78, 5) is 5.30. The quantitative estimate of drug-likeness (QED) is 0.754. The Bertz CT molecular complexity index is 178. The van der Waals surface area contributed by atoms with Crippen LogP contribution >= 0.6 is 0 Å². The van der Waals surface area contributed by atoms with Crippen LogP contribution in [0.3, 0.4) is 0 Å². The molecule has 0 aromatic rings. The minimum absolute atomic E-state index is 0.855. The molecule has 1 N–H and O–H groups in total. The van der Waals surface area contributed by atoms with E-state index in [9.17, 15) is 0 Å². The molecule has 1 unspecified atom stereocenters. The van der Waals surface area contributed by atoms with Gasteiger partial charge >= 0.3 is 0 Å². The molecule has 2 rings (SSSR count). The standard InChI is InChI=1S/C12H25N3/c1-2-12-5-3-4-8-15(12)11-14-9-6-13-7-10-14/h12-13H,2-11H2,1H3. The smallest absolute Gasteiger partial charge is 0.0509 e. The highest BCUT2D eigenvalue weighted by Crippen LogP contribution is 2.19. The molecule has 0 aromatic heterocycles. The van der Waals surface area contributed by atoms with E-state index in [0.717, 1.165) is 6.04 Å². The van der Waals surface area contributed by atoms with Crippen LogP contribution in [-0.4, -0.2) is 55.2 Å². The first kappa shape index (κ1) is 11.4. The van der Waals surface area contributed by atoms with Gasteiger partial charge in [0, 0.05) is 32.2 Å². The van der Waals surface area contributed by atoms with Crippen LogP contribution in [0.2, 0.25) is 0 Å². The largest absolute Gasteiger partial charge is 0.314 e. The van der Waals surface area contributed by atoms with Crippen molar-refractivity contribution in [3.8, 4) is 0 Å². The molecule has 0 amide bonds. The van der Waals surface area contributed by atoms with Crippen molar-refractivity contribution in [1.82, 2.24) is 15.1 Å². The molecule has 88 valence electrons. The molecule has 2 fully saturated rings. The molecule has 2 saturated heterocycles. The van der Waals surface area contributed by atoms with Crippen molar-refractivity contribution in [2.75, 3.05) is 39.4 Å². The summed E-state index contributed by atoms with van der Waals surface area (Å²) in [6.45, 7) is 9.67. The average Bonchev–Trinajstić information content (AvgIpc) is 2.31. The van der Waals surface area contributed by atoms with Crippen LogP contribution in [0.15, 0.2) is 0 Å². The maximum absolute atomic E-state index is 3.42. The third kappa shape index (κ3) is 3.16. The molecule has 0 aromatic carbocycles. The molecule has 0 spiro atoms. The number of piperazine rings is 1. The zero-order valence-electron chi connectivity index (χ0n) is 10.0. The molecular weight excluding hydrogens is 186 g/mol. The number of rotatable bonds is 3. The first-order valence-electron chi connectivity index (χ1n) is 6.57. The molecule has 15 heavy (non-hydrogen) atoms.